The van der Waals surface area contributed by atoms with Crippen LogP contribution >= 0.6 is 0 Å². The highest BCUT2D eigenvalue weighted by Gasteiger charge is 2.12. The van der Waals surface area contributed by atoms with E-state index in [0.29, 0.717) is 6.54 Å². The van der Waals surface area contributed by atoms with E-state index in [1.54, 1.807) is 4.90 Å². The summed E-state index contributed by atoms with van der Waals surface area (Å²) >= 11 is 0. The minimum Gasteiger partial charge on any atom is -0.344 e. The second-order valence-corrected chi connectivity index (χ2v) is 4.14. The van der Waals surface area contributed by atoms with Crippen molar-refractivity contribution in [1.29, 1.82) is 0 Å². The van der Waals surface area contributed by atoms with Gasteiger partial charge in [-0.2, -0.15) is 0 Å². The standard InChI is InChI=1S/C13H17N3O/c1-4-15(3)13(17)9-16-10(2)14-11-7-5-6-8-12(11)16/h5-8H,4,9H2,1-3H3. The Hall–Kier alpha value is -1.84. The second-order valence-electron chi connectivity index (χ2n) is 4.14. The molecule has 4 heteroatoms. The summed E-state index contributed by atoms with van der Waals surface area (Å²) < 4.78 is 1.96. The van der Waals surface area contributed by atoms with Crippen LogP contribution in [0.3, 0.4) is 0 Å². The molecule has 1 heterocycles. The number of nitrogens with zero attached hydrogens (tertiary/aromatic N) is 3. The Morgan fingerprint density at radius 3 is 2.82 bits per heavy atom. The van der Waals surface area contributed by atoms with E-state index >= 15 is 0 Å². The third kappa shape index (κ3) is 2.16. The van der Waals surface area contributed by atoms with Gasteiger partial charge in [-0.05, 0) is 26.0 Å². The maximum absolute atomic E-state index is 11.9. The molecule has 0 aliphatic carbocycles. The van der Waals surface area contributed by atoms with Gasteiger partial charge >= 0.3 is 0 Å². The smallest absolute Gasteiger partial charge is 0.242 e. The van der Waals surface area contributed by atoms with E-state index in [1.165, 1.54) is 0 Å². The van der Waals surface area contributed by atoms with E-state index < -0.39 is 0 Å². The van der Waals surface area contributed by atoms with Crippen LogP contribution in [0.15, 0.2) is 24.3 Å². The molecular weight excluding hydrogens is 214 g/mol. The lowest BCUT2D eigenvalue weighted by atomic mass is 10.3. The summed E-state index contributed by atoms with van der Waals surface area (Å²) in [5.41, 5.74) is 1.96. The monoisotopic (exact) mass is 231 g/mol. The number of aromatic nitrogens is 2. The number of para-hydroxylation sites is 2. The minimum absolute atomic E-state index is 0.110. The van der Waals surface area contributed by atoms with Crippen molar-refractivity contribution in [3.8, 4) is 0 Å². The van der Waals surface area contributed by atoms with Gasteiger partial charge in [-0.1, -0.05) is 12.1 Å². The van der Waals surface area contributed by atoms with Gasteiger partial charge < -0.3 is 9.47 Å². The number of hydrogen-bond acceptors (Lipinski definition) is 2. The second kappa shape index (κ2) is 4.57. The van der Waals surface area contributed by atoms with Crippen LogP contribution in [-0.2, 0) is 11.3 Å². The number of rotatable bonds is 3. The molecule has 0 radical (unpaired) electrons. The Kier molecular flexibility index (Phi) is 3.13. The van der Waals surface area contributed by atoms with Crippen molar-refractivity contribution in [1.82, 2.24) is 14.5 Å². The molecule has 1 aromatic carbocycles. The first-order valence-electron chi connectivity index (χ1n) is 5.79. The van der Waals surface area contributed by atoms with E-state index in [1.807, 2.05) is 49.7 Å². The molecule has 0 aliphatic rings. The molecule has 0 saturated carbocycles. The summed E-state index contributed by atoms with van der Waals surface area (Å²) in [4.78, 5) is 18.1. The van der Waals surface area contributed by atoms with Crippen LogP contribution < -0.4 is 0 Å². The SMILES string of the molecule is CCN(C)C(=O)Cn1c(C)nc2ccccc21. The number of hydrogen-bond donors (Lipinski definition) is 0. The lowest BCUT2D eigenvalue weighted by molar-refractivity contribution is -0.130. The number of amides is 1. The summed E-state index contributed by atoms with van der Waals surface area (Å²) in [7, 11) is 1.82. The first-order valence-corrected chi connectivity index (χ1v) is 5.79. The number of carbonyl (C=O) groups is 1. The highest BCUT2D eigenvalue weighted by molar-refractivity contribution is 5.81. The molecular formula is C13H17N3O. The fourth-order valence-corrected chi connectivity index (χ4v) is 1.83. The third-order valence-corrected chi connectivity index (χ3v) is 3.04. The first kappa shape index (κ1) is 11.6. The Balaban J connectivity index is 2.35. The molecule has 0 N–H and O–H groups in total. The Bertz CT molecular complexity index is 545. The Labute approximate surface area is 101 Å². The van der Waals surface area contributed by atoms with E-state index in [9.17, 15) is 4.79 Å². The van der Waals surface area contributed by atoms with Crippen LogP contribution in [0.1, 0.15) is 12.7 Å². The molecule has 2 aromatic rings. The molecule has 1 amide bonds. The van der Waals surface area contributed by atoms with Gasteiger partial charge in [0.15, 0.2) is 0 Å². The summed E-state index contributed by atoms with van der Waals surface area (Å²) in [5.74, 6) is 0.989. The number of benzene rings is 1. The number of fused-ring (bicyclic) bond motifs is 1. The molecule has 1 aromatic heterocycles. The predicted octanol–water partition coefficient (Wildman–Crippen LogP) is 1.82. The molecule has 0 saturated heterocycles. The Morgan fingerprint density at radius 2 is 2.12 bits per heavy atom. The minimum atomic E-state index is 0.110. The topological polar surface area (TPSA) is 38.1 Å². The van der Waals surface area contributed by atoms with Crippen molar-refractivity contribution in [3.63, 3.8) is 0 Å². The van der Waals surface area contributed by atoms with Gasteiger partial charge in [-0.15, -0.1) is 0 Å². The van der Waals surface area contributed by atoms with Crippen LogP contribution in [0.4, 0.5) is 0 Å². The zero-order valence-electron chi connectivity index (χ0n) is 10.5. The van der Waals surface area contributed by atoms with E-state index in [2.05, 4.69) is 4.98 Å². The number of aryl methyl sites for hydroxylation is 1. The summed E-state index contributed by atoms with van der Waals surface area (Å²) in [6, 6.07) is 7.88. The zero-order chi connectivity index (χ0) is 12.4. The van der Waals surface area contributed by atoms with Crippen LogP contribution in [0.5, 0.6) is 0 Å². The summed E-state index contributed by atoms with van der Waals surface area (Å²) in [5, 5.41) is 0. The van der Waals surface area contributed by atoms with Crippen LogP contribution in [-0.4, -0.2) is 34.0 Å². The molecule has 2 rings (SSSR count). The molecule has 0 aliphatic heterocycles. The molecule has 0 unspecified atom stereocenters. The fraction of sp³-hybridized carbons (Fsp3) is 0.385. The van der Waals surface area contributed by atoms with Gasteiger partial charge in [0.1, 0.15) is 12.4 Å². The van der Waals surface area contributed by atoms with Crippen molar-refractivity contribution >= 4 is 16.9 Å². The van der Waals surface area contributed by atoms with E-state index in [-0.39, 0.29) is 5.91 Å². The molecule has 0 atom stereocenters. The average molecular weight is 231 g/mol. The molecule has 17 heavy (non-hydrogen) atoms. The fourth-order valence-electron chi connectivity index (χ4n) is 1.83. The summed E-state index contributed by atoms with van der Waals surface area (Å²) in [6.45, 7) is 4.98. The normalized spacial score (nSPS) is 10.8. The van der Waals surface area contributed by atoms with Gasteiger partial charge in [-0.25, -0.2) is 4.98 Å². The van der Waals surface area contributed by atoms with E-state index in [4.69, 9.17) is 0 Å². The van der Waals surface area contributed by atoms with Crippen molar-refractivity contribution in [2.24, 2.45) is 0 Å². The van der Waals surface area contributed by atoms with Gasteiger partial charge in [0, 0.05) is 13.6 Å². The molecule has 0 fully saturated rings. The maximum Gasteiger partial charge on any atom is 0.242 e. The highest BCUT2D eigenvalue weighted by atomic mass is 16.2. The van der Waals surface area contributed by atoms with Crippen molar-refractivity contribution in [2.45, 2.75) is 20.4 Å². The molecule has 0 spiro atoms. The first-order chi connectivity index (χ1) is 8.13. The van der Waals surface area contributed by atoms with Gasteiger partial charge in [0.25, 0.3) is 0 Å². The highest BCUT2D eigenvalue weighted by Crippen LogP contribution is 2.15. The summed E-state index contributed by atoms with van der Waals surface area (Å²) in [6.07, 6.45) is 0. The lowest BCUT2D eigenvalue weighted by Crippen LogP contribution is -2.30. The van der Waals surface area contributed by atoms with Crippen molar-refractivity contribution in [2.75, 3.05) is 13.6 Å². The quantitative estimate of drug-likeness (QED) is 0.808. The number of likely N-dealkylation sites (N-methyl/N-ethyl adjacent to an activating group) is 1. The Morgan fingerprint density at radius 1 is 1.41 bits per heavy atom. The van der Waals surface area contributed by atoms with Gasteiger partial charge in [-0.3, -0.25) is 4.79 Å². The number of carbonyl (C=O) groups excluding carboxylic acids is 1. The van der Waals surface area contributed by atoms with Crippen LogP contribution in [0.25, 0.3) is 11.0 Å². The maximum atomic E-state index is 11.9. The molecule has 90 valence electrons. The van der Waals surface area contributed by atoms with Crippen LogP contribution in [0.2, 0.25) is 0 Å². The molecule has 4 nitrogen and oxygen atoms in total. The average Bonchev–Trinajstić information content (AvgIpc) is 2.65. The largest absolute Gasteiger partial charge is 0.344 e. The van der Waals surface area contributed by atoms with Crippen LogP contribution in [0, 0.1) is 6.92 Å². The lowest BCUT2D eigenvalue weighted by Gasteiger charge is -2.15. The van der Waals surface area contributed by atoms with Crippen molar-refractivity contribution in [3.05, 3.63) is 30.1 Å². The van der Waals surface area contributed by atoms with Gasteiger partial charge in [0.05, 0.1) is 11.0 Å². The van der Waals surface area contributed by atoms with Crippen molar-refractivity contribution < 1.29 is 4.79 Å². The van der Waals surface area contributed by atoms with Gasteiger partial charge in [0.2, 0.25) is 5.91 Å². The predicted molar refractivity (Wildman–Crippen MR) is 67.8 cm³/mol. The molecule has 0 bridgehead atoms. The zero-order valence-corrected chi connectivity index (χ0v) is 10.5. The van der Waals surface area contributed by atoms with E-state index in [0.717, 1.165) is 23.4 Å². The number of imidazole rings is 1. The third-order valence-electron chi connectivity index (χ3n) is 3.04.